The van der Waals surface area contributed by atoms with Gasteiger partial charge in [-0.3, -0.25) is 9.78 Å². The molecule has 1 unspecified atom stereocenters. The summed E-state index contributed by atoms with van der Waals surface area (Å²) in [6, 6.07) is 10.1. The van der Waals surface area contributed by atoms with E-state index in [2.05, 4.69) is 24.9 Å². The molecule has 1 aliphatic heterocycles. The number of halogens is 2. The number of hydrogen-bond donors (Lipinski definition) is 1. The first-order valence-corrected chi connectivity index (χ1v) is 13.1. The van der Waals surface area contributed by atoms with Crippen LogP contribution in [-0.2, 0) is 4.79 Å². The summed E-state index contributed by atoms with van der Waals surface area (Å²) in [6.07, 6.45) is 3.89. The Morgan fingerprint density at radius 1 is 1.05 bits per heavy atom. The summed E-state index contributed by atoms with van der Waals surface area (Å²) in [5, 5.41) is 12.7. The van der Waals surface area contributed by atoms with Gasteiger partial charge in [0.1, 0.15) is 35.0 Å². The van der Waals surface area contributed by atoms with E-state index in [-0.39, 0.29) is 11.9 Å². The topological polar surface area (TPSA) is 110 Å². The SMILES string of the molecule is Cc1ccnc(Oc2ccc(-c3cc4c(cc3F)ncc3ncn(N5CCN(C(=O)C(C)O)CC5)c34)c(Cl)c2)n1. The molecule has 0 aliphatic carbocycles. The number of rotatable bonds is 5. The van der Waals surface area contributed by atoms with E-state index in [1.54, 1.807) is 54.0 Å². The maximum Gasteiger partial charge on any atom is 0.322 e. The monoisotopic (exact) mass is 561 g/mol. The van der Waals surface area contributed by atoms with Crippen LogP contribution in [0.25, 0.3) is 33.1 Å². The van der Waals surface area contributed by atoms with E-state index in [0.717, 1.165) is 11.2 Å². The third-order valence-electron chi connectivity index (χ3n) is 6.89. The molecule has 6 rings (SSSR count). The van der Waals surface area contributed by atoms with Gasteiger partial charge in [-0.1, -0.05) is 11.6 Å². The van der Waals surface area contributed by atoms with Crippen molar-refractivity contribution in [3.8, 4) is 22.9 Å². The first-order chi connectivity index (χ1) is 19.3. The zero-order chi connectivity index (χ0) is 28.0. The molecule has 3 aromatic heterocycles. The molecule has 40 heavy (non-hydrogen) atoms. The summed E-state index contributed by atoms with van der Waals surface area (Å²) in [5.74, 6) is -0.325. The van der Waals surface area contributed by atoms with E-state index in [0.29, 0.717) is 64.5 Å². The number of ether oxygens (including phenoxy) is 1. The largest absolute Gasteiger partial charge is 0.424 e. The predicted octanol–water partition coefficient (Wildman–Crippen LogP) is 4.10. The number of aryl methyl sites for hydroxylation is 1. The summed E-state index contributed by atoms with van der Waals surface area (Å²) in [6.45, 7) is 5.32. The van der Waals surface area contributed by atoms with Crippen molar-refractivity contribution in [3.63, 3.8) is 0 Å². The van der Waals surface area contributed by atoms with E-state index in [9.17, 15) is 9.90 Å². The molecule has 1 atom stereocenters. The van der Waals surface area contributed by atoms with Crippen LogP contribution in [0.2, 0.25) is 5.02 Å². The number of amides is 1. The van der Waals surface area contributed by atoms with E-state index >= 15 is 4.39 Å². The molecule has 1 saturated heterocycles. The average Bonchev–Trinajstić information content (AvgIpc) is 3.37. The zero-order valence-electron chi connectivity index (χ0n) is 21.8. The summed E-state index contributed by atoms with van der Waals surface area (Å²) >= 11 is 6.62. The summed E-state index contributed by atoms with van der Waals surface area (Å²) in [7, 11) is 0. The van der Waals surface area contributed by atoms with Gasteiger partial charge in [0, 0.05) is 53.6 Å². The number of imidazole rings is 1. The van der Waals surface area contributed by atoms with Gasteiger partial charge < -0.3 is 19.8 Å². The van der Waals surface area contributed by atoms with Crippen molar-refractivity contribution in [1.82, 2.24) is 29.5 Å². The second-order valence-corrected chi connectivity index (χ2v) is 10.0. The zero-order valence-corrected chi connectivity index (χ0v) is 22.5. The van der Waals surface area contributed by atoms with Crippen molar-refractivity contribution >= 4 is 39.4 Å². The quantitative estimate of drug-likeness (QED) is 0.342. The lowest BCUT2D eigenvalue weighted by molar-refractivity contribution is -0.139. The third kappa shape index (κ3) is 4.78. The van der Waals surface area contributed by atoms with Crippen molar-refractivity contribution in [2.45, 2.75) is 20.0 Å². The van der Waals surface area contributed by atoms with Crippen LogP contribution in [0.3, 0.4) is 0 Å². The second-order valence-electron chi connectivity index (χ2n) is 9.61. The van der Waals surface area contributed by atoms with Crippen LogP contribution in [-0.4, -0.2) is 72.8 Å². The number of aliphatic hydroxyl groups is 1. The number of hydrogen-bond acceptors (Lipinski definition) is 8. The molecule has 204 valence electrons. The lowest BCUT2D eigenvalue weighted by Crippen LogP contribution is -2.54. The van der Waals surface area contributed by atoms with Crippen molar-refractivity contribution in [1.29, 1.82) is 0 Å². The van der Waals surface area contributed by atoms with Gasteiger partial charge in [0.2, 0.25) is 0 Å². The van der Waals surface area contributed by atoms with Crippen molar-refractivity contribution in [2.75, 3.05) is 31.2 Å². The number of piperazine rings is 1. The van der Waals surface area contributed by atoms with Gasteiger partial charge in [-0.25, -0.2) is 24.0 Å². The van der Waals surface area contributed by atoms with Crippen LogP contribution in [0.15, 0.2) is 55.1 Å². The molecule has 5 aromatic rings. The minimum Gasteiger partial charge on any atom is -0.424 e. The Balaban J connectivity index is 1.35. The number of aromatic nitrogens is 5. The Morgan fingerprint density at radius 2 is 1.85 bits per heavy atom. The molecule has 1 N–H and O–H groups in total. The Bertz CT molecular complexity index is 1750. The molecule has 4 heterocycles. The average molecular weight is 562 g/mol. The normalized spacial score (nSPS) is 14.6. The van der Waals surface area contributed by atoms with E-state index < -0.39 is 11.9 Å². The van der Waals surface area contributed by atoms with Gasteiger partial charge >= 0.3 is 6.01 Å². The Kier molecular flexibility index (Phi) is 6.68. The Morgan fingerprint density at radius 3 is 2.58 bits per heavy atom. The molecule has 1 fully saturated rings. The number of pyridine rings is 1. The highest BCUT2D eigenvalue weighted by Gasteiger charge is 2.25. The van der Waals surface area contributed by atoms with E-state index in [4.69, 9.17) is 16.3 Å². The Hall–Kier alpha value is -4.35. The van der Waals surface area contributed by atoms with Crippen LogP contribution in [0.1, 0.15) is 12.6 Å². The Labute approximate surface area is 233 Å². The molecule has 12 heteroatoms. The lowest BCUT2D eigenvalue weighted by Gasteiger charge is -2.37. The van der Waals surface area contributed by atoms with Crippen LogP contribution in [0.5, 0.6) is 11.8 Å². The van der Waals surface area contributed by atoms with Gasteiger partial charge in [-0.2, -0.15) is 0 Å². The molecule has 2 aromatic carbocycles. The van der Waals surface area contributed by atoms with Gasteiger partial charge in [0.15, 0.2) is 0 Å². The van der Waals surface area contributed by atoms with Crippen molar-refractivity contribution in [2.24, 2.45) is 0 Å². The fourth-order valence-electron chi connectivity index (χ4n) is 4.87. The minimum absolute atomic E-state index is 0.193. The number of benzene rings is 2. The number of nitrogens with zero attached hydrogens (tertiary/aromatic N) is 7. The molecule has 1 aliphatic rings. The molecule has 0 bridgehead atoms. The van der Waals surface area contributed by atoms with Crippen molar-refractivity contribution < 1.29 is 19.0 Å². The first kappa shape index (κ1) is 25.9. The highest BCUT2D eigenvalue weighted by Crippen LogP contribution is 2.37. The molecule has 1 amide bonds. The first-order valence-electron chi connectivity index (χ1n) is 12.7. The maximum atomic E-state index is 15.4. The van der Waals surface area contributed by atoms with Crippen LogP contribution >= 0.6 is 11.6 Å². The lowest BCUT2D eigenvalue weighted by atomic mass is 10.0. The fraction of sp³-hybridized carbons (Fsp3) is 0.250. The molecule has 0 spiro atoms. The van der Waals surface area contributed by atoms with Crippen LogP contribution in [0, 0.1) is 12.7 Å². The predicted molar refractivity (Wildman–Crippen MR) is 148 cm³/mol. The van der Waals surface area contributed by atoms with E-state index in [1.807, 2.05) is 11.6 Å². The minimum atomic E-state index is -1.03. The molecule has 10 nitrogen and oxygen atoms in total. The van der Waals surface area contributed by atoms with Crippen LogP contribution < -0.4 is 9.75 Å². The highest BCUT2D eigenvalue weighted by molar-refractivity contribution is 6.33. The maximum absolute atomic E-state index is 15.4. The molecular weight excluding hydrogens is 537 g/mol. The number of carbonyl (C=O) groups excluding carboxylic acids is 1. The number of fused-ring (bicyclic) bond motifs is 3. The van der Waals surface area contributed by atoms with Gasteiger partial charge in [0.05, 0.1) is 29.8 Å². The summed E-state index contributed by atoms with van der Waals surface area (Å²) in [4.78, 5) is 31.1. The molecule has 0 radical (unpaired) electrons. The standard InChI is InChI=1S/C28H25ClFN7O3/c1-16-5-6-31-28(34-16)40-18-3-4-19(22(29)11-18)20-12-21-24(13-23(20)30)32-14-25-26(21)37(15-33-25)36-9-7-35(8-10-36)27(39)17(2)38/h3-6,11-15,17,38H,7-10H2,1-2H3. The highest BCUT2D eigenvalue weighted by atomic mass is 35.5. The fourth-order valence-corrected chi connectivity index (χ4v) is 5.15. The molecule has 0 saturated carbocycles. The summed E-state index contributed by atoms with van der Waals surface area (Å²) < 4.78 is 23.1. The number of carbonyl (C=O) groups is 1. The van der Waals surface area contributed by atoms with Crippen molar-refractivity contribution in [3.05, 3.63) is 71.7 Å². The van der Waals surface area contributed by atoms with E-state index in [1.165, 1.54) is 13.0 Å². The van der Waals surface area contributed by atoms with Crippen LogP contribution in [0.4, 0.5) is 4.39 Å². The van der Waals surface area contributed by atoms with Gasteiger partial charge in [-0.15, -0.1) is 0 Å². The number of aliphatic hydroxyl groups excluding tert-OH is 1. The smallest absolute Gasteiger partial charge is 0.322 e. The van der Waals surface area contributed by atoms with Gasteiger partial charge in [0.25, 0.3) is 5.91 Å². The van der Waals surface area contributed by atoms with Gasteiger partial charge in [-0.05, 0) is 38.1 Å². The summed E-state index contributed by atoms with van der Waals surface area (Å²) in [5.41, 5.74) is 3.47. The third-order valence-corrected chi connectivity index (χ3v) is 7.20. The molecular formula is C28H25ClFN7O3. The second kappa shape index (κ2) is 10.3.